The van der Waals surface area contributed by atoms with E-state index in [4.69, 9.17) is 4.74 Å². The van der Waals surface area contributed by atoms with Gasteiger partial charge in [0.25, 0.3) is 5.91 Å². The molecule has 0 bridgehead atoms. The van der Waals surface area contributed by atoms with Gasteiger partial charge in [0.2, 0.25) is 5.91 Å². The lowest BCUT2D eigenvalue weighted by atomic mass is 10.2. The molecule has 0 aromatic heterocycles. The average molecular weight is 386 g/mol. The first-order chi connectivity index (χ1) is 14.1. The molecule has 1 fully saturated rings. The van der Waals surface area contributed by atoms with Crippen molar-refractivity contribution in [2.45, 2.75) is 12.5 Å². The standard InChI is InChI=1S/C23H18N2O4/c26-21-15-19(22(27)25(21)17-11-5-2-6-12-17)24-18-13-7-8-14-20(18)29-23(28)16-9-3-1-4-10-16/h1-14,19,24H,15H2/t19-/m0/s1. The molecule has 1 atom stereocenters. The molecule has 1 N–H and O–H groups in total. The lowest BCUT2D eigenvalue weighted by molar-refractivity contribution is -0.121. The van der Waals surface area contributed by atoms with Crippen molar-refractivity contribution >= 4 is 29.2 Å². The van der Waals surface area contributed by atoms with Crippen LogP contribution in [0.1, 0.15) is 16.8 Å². The van der Waals surface area contributed by atoms with Gasteiger partial charge in [-0.25, -0.2) is 9.69 Å². The van der Waals surface area contributed by atoms with Gasteiger partial charge < -0.3 is 10.1 Å². The van der Waals surface area contributed by atoms with Crippen molar-refractivity contribution in [2.24, 2.45) is 0 Å². The number of para-hydroxylation sites is 3. The van der Waals surface area contributed by atoms with E-state index < -0.39 is 12.0 Å². The van der Waals surface area contributed by atoms with Gasteiger partial charge in [-0.2, -0.15) is 0 Å². The Morgan fingerprint density at radius 2 is 1.48 bits per heavy atom. The number of imide groups is 1. The maximum atomic E-state index is 12.8. The monoisotopic (exact) mass is 386 g/mol. The van der Waals surface area contributed by atoms with E-state index in [9.17, 15) is 14.4 Å². The first kappa shape index (κ1) is 18.4. The number of rotatable bonds is 5. The number of carbonyl (C=O) groups is 3. The lowest BCUT2D eigenvalue weighted by Gasteiger charge is -2.17. The number of amides is 2. The summed E-state index contributed by atoms with van der Waals surface area (Å²) < 4.78 is 5.50. The van der Waals surface area contributed by atoms with E-state index in [2.05, 4.69) is 5.32 Å². The van der Waals surface area contributed by atoms with Gasteiger partial charge in [0.05, 0.1) is 23.4 Å². The molecule has 1 aliphatic heterocycles. The number of hydrogen-bond acceptors (Lipinski definition) is 5. The van der Waals surface area contributed by atoms with Gasteiger partial charge >= 0.3 is 5.97 Å². The maximum absolute atomic E-state index is 12.8. The zero-order valence-electron chi connectivity index (χ0n) is 15.4. The molecule has 1 saturated heterocycles. The summed E-state index contributed by atoms with van der Waals surface area (Å²) in [6.07, 6.45) is 0.0225. The third-order valence-electron chi connectivity index (χ3n) is 4.59. The first-order valence-electron chi connectivity index (χ1n) is 9.18. The van der Waals surface area contributed by atoms with E-state index in [0.717, 1.165) is 0 Å². The van der Waals surface area contributed by atoms with Crippen molar-refractivity contribution < 1.29 is 19.1 Å². The SMILES string of the molecule is O=C(Oc1ccccc1N[C@H]1CC(=O)N(c2ccccc2)C1=O)c1ccccc1. The van der Waals surface area contributed by atoms with Crippen LogP contribution in [-0.4, -0.2) is 23.8 Å². The Balaban J connectivity index is 1.53. The number of esters is 1. The average Bonchev–Trinajstić information content (AvgIpc) is 3.03. The normalized spacial score (nSPS) is 16.0. The van der Waals surface area contributed by atoms with Crippen LogP contribution in [0.5, 0.6) is 5.75 Å². The lowest BCUT2D eigenvalue weighted by Crippen LogP contribution is -2.34. The molecule has 144 valence electrons. The molecule has 3 aromatic carbocycles. The van der Waals surface area contributed by atoms with Crippen LogP contribution < -0.4 is 15.0 Å². The van der Waals surface area contributed by atoms with Crippen LogP contribution in [0.4, 0.5) is 11.4 Å². The number of nitrogens with zero attached hydrogens (tertiary/aromatic N) is 1. The van der Waals surface area contributed by atoms with E-state index >= 15 is 0 Å². The largest absolute Gasteiger partial charge is 0.421 e. The predicted octanol–water partition coefficient (Wildman–Crippen LogP) is 3.65. The molecule has 3 aromatic rings. The number of ether oxygens (including phenoxy) is 1. The summed E-state index contributed by atoms with van der Waals surface area (Å²) >= 11 is 0. The topological polar surface area (TPSA) is 75.7 Å². The van der Waals surface area contributed by atoms with Crippen LogP contribution in [0.2, 0.25) is 0 Å². The van der Waals surface area contributed by atoms with Gasteiger partial charge in [-0.05, 0) is 36.4 Å². The molecule has 1 heterocycles. The van der Waals surface area contributed by atoms with Crippen molar-refractivity contribution in [2.75, 3.05) is 10.2 Å². The molecular formula is C23H18N2O4. The molecule has 0 radical (unpaired) electrons. The molecule has 1 aliphatic rings. The van der Waals surface area contributed by atoms with Crippen molar-refractivity contribution in [1.29, 1.82) is 0 Å². The van der Waals surface area contributed by atoms with Crippen LogP contribution >= 0.6 is 0 Å². The van der Waals surface area contributed by atoms with E-state index in [-0.39, 0.29) is 18.2 Å². The first-order valence-corrected chi connectivity index (χ1v) is 9.18. The summed E-state index contributed by atoms with van der Waals surface area (Å²) in [7, 11) is 0. The molecule has 29 heavy (non-hydrogen) atoms. The Morgan fingerprint density at radius 3 is 2.21 bits per heavy atom. The second-order valence-corrected chi connectivity index (χ2v) is 6.56. The quantitative estimate of drug-likeness (QED) is 0.412. The molecule has 6 nitrogen and oxygen atoms in total. The van der Waals surface area contributed by atoms with Gasteiger partial charge in [0.1, 0.15) is 6.04 Å². The molecule has 0 spiro atoms. The molecule has 0 unspecified atom stereocenters. The fraction of sp³-hybridized carbons (Fsp3) is 0.0870. The third kappa shape index (κ3) is 3.87. The summed E-state index contributed by atoms with van der Waals surface area (Å²) in [6, 6.07) is 23.5. The van der Waals surface area contributed by atoms with E-state index in [0.29, 0.717) is 22.7 Å². The molecule has 4 rings (SSSR count). The Morgan fingerprint density at radius 1 is 0.862 bits per heavy atom. The van der Waals surface area contributed by atoms with Crippen molar-refractivity contribution in [1.82, 2.24) is 0 Å². The van der Waals surface area contributed by atoms with Crippen LogP contribution in [0.25, 0.3) is 0 Å². The number of benzene rings is 3. The Labute approximate surface area is 167 Å². The van der Waals surface area contributed by atoms with Crippen LogP contribution in [0.15, 0.2) is 84.9 Å². The number of hydrogen-bond donors (Lipinski definition) is 1. The van der Waals surface area contributed by atoms with Gasteiger partial charge in [-0.3, -0.25) is 9.59 Å². The minimum atomic E-state index is -0.737. The predicted molar refractivity (Wildman–Crippen MR) is 109 cm³/mol. The van der Waals surface area contributed by atoms with Gasteiger partial charge in [0.15, 0.2) is 5.75 Å². The third-order valence-corrected chi connectivity index (χ3v) is 4.59. The maximum Gasteiger partial charge on any atom is 0.343 e. The van der Waals surface area contributed by atoms with E-state index in [1.165, 1.54) is 4.90 Å². The van der Waals surface area contributed by atoms with Gasteiger partial charge in [-0.1, -0.05) is 48.5 Å². The second-order valence-electron chi connectivity index (χ2n) is 6.56. The highest BCUT2D eigenvalue weighted by atomic mass is 16.5. The summed E-state index contributed by atoms with van der Waals surface area (Å²) in [5, 5.41) is 3.06. The summed E-state index contributed by atoms with van der Waals surface area (Å²) in [6.45, 7) is 0. The van der Waals surface area contributed by atoms with Crippen LogP contribution in [0.3, 0.4) is 0 Å². The zero-order valence-corrected chi connectivity index (χ0v) is 15.4. The van der Waals surface area contributed by atoms with E-state index in [1.54, 1.807) is 72.8 Å². The van der Waals surface area contributed by atoms with Gasteiger partial charge in [0, 0.05) is 0 Å². The molecule has 0 aliphatic carbocycles. The minimum absolute atomic E-state index is 0.0225. The Kier molecular flexibility index (Phi) is 5.07. The smallest absolute Gasteiger partial charge is 0.343 e. The molecular weight excluding hydrogens is 368 g/mol. The Bertz CT molecular complexity index is 1050. The number of nitrogens with one attached hydrogen (secondary N) is 1. The zero-order chi connectivity index (χ0) is 20.2. The second kappa shape index (κ2) is 7.98. The summed E-state index contributed by atoms with van der Waals surface area (Å²) in [5.41, 5.74) is 1.43. The highest BCUT2D eigenvalue weighted by molar-refractivity contribution is 6.23. The highest BCUT2D eigenvalue weighted by Crippen LogP contribution is 2.29. The van der Waals surface area contributed by atoms with Crippen molar-refractivity contribution in [3.05, 3.63) is 90.5 Å². The van der Waals surface area contributed by atoms with Crippen LogP contribution in [0, 0.1) is 0 Å². The van der Waals surface area contributed by atoms with Gasteiger partial charge in [-0.15, -0.1) is 0 Å². The number of carbonyl (C=O) groups excluding carboxylic acids is 3. The fourth-order valence-corrected chi connectivity index (χ4v) is 3.19. The highest BCUT2D eigenvalue weighted by Gasteiger charge is 2.39. The summed E-state index contributed by atoms with van der Waals surface area (Å²) in [4.78, 5) is 38.8. The minimum Gasteiger partial charge on any atom is -0.421 e. The van der Waals surface area contributed by atoms with Crippen molar-refractivity contribution in [3.63, 3.8) is 0 Å². The Hall–Kier alpha value is -3.93. The van der Waals surface area contributed by atoms with Crippen molar-refractivity contribution in [3.8, 4) is 5.75 Å². The molecule has 6 heteroatoms. The van der Waals surface area contributed by atoms with Crippen LogP contribution in [-0.2, 0) is 9.59 Å². The fourth-order valence-electron chi connectivity index (χ4n) is 3.19. The molecule has 2 amide bonds. The molecule has 0 saturated carbocycles. The summed E-state index contributed by atoms with van der Waals surface area (Å²) in [5.74, 6) is -0.831. The van der Waals surface area contributed by atoms with E-state index in [1.807, 2.05) is 12.1 Å². The number of anilines is 2.